The summed E-state index contributed by atoms with van der Waals surface area (Å²) in [6.07, 6.45) is 2.98. The topological polar surface area (TPSA) is 80.4 Å². The zero-order chi connectivity index (χ0) is 20.6. The first kappa shape index (κ1) is 19.1. The van der Waals surface area contributed by atoms with Crippen LogP contribution >= 0.6 is 0 Å². The molecule has 1 aromatic heterocycles. The second-order valence-corrected chi connectivity index (χ2v) is 7.69. The van der Waals surface area contributed by atoms with E-state index in [2.05, 4.69) is 10.3 Å². The van der Waals surface area contributed by atoms with Crippen molar-refractivity contribution in [2.24, 2.45) is 0 Å². The third-order valence-electron chi connectivity index (χ3n) is 5.46. The number of carbonyl (C=O) groups is 2. The number of aryl methyl sites for hydroxylation is 1. The van der Waals surface area contributed by atoms with Crippen molar-refractivity contribution < 1.29 is 19.1 Å². The Labute approximate surface area is 169 Å². The molecule has 0 bridgehead atoms. The quantitative estimate of drug-likeness (QED) is 0.653. The fourth-order valence-electron chi connectivity index (χ4n) is 3.85. The van der Waals surface area contributed by atoms with Crippen molar-refractivity contribution in [3.8, 4) is 5.75 Å². The van der Waals surface area contributed by atoms with Gasteiger partial charge < -0.3 is 19.8 Å². The van der Waals surface area contributed by atoms with Crippen LogP contribution in [-0.4, -0.2) is 36.1 Å². The number of fused-ring (bicyclic) bond motifs is 2. The minimum Gasteiger partial charge on any atom is -0.497 e. The number of carbonyl (C=O) groups excluding carboxylic acids is 2. The van der Waals surface area contributed by atoms with Crippen molar-refractivity contribution in [1.29, 1.82) is 0 Å². The summed E-state index contributed by atoms with van der Waals surface area (Å²) in [5, 5.41) is 4.03. The average molecular weight is 392 g/mol. The second-order valence-electron chi connectivity index (χ2n) is 7.69. The summed E-state index contributed by atoms with van der Waals surface area (Å²) >= 11 is 0. The molecule has 2 heterocycles. The minimum atomic E-state index is -1.20. The van der Waals surface area contributed by atoms with Crippen LogP contribution in [0.3, 0.4) is 0 Å². The van der Waals surface area contributed by atoms with Crippen LogP contribution < -0.4 is 10.1 Å². The molecule has 6 nitrogen and oxygen atoms in total. The maximum absolute atomic E-state index is 12.8. The molecule has 1 amide bonds. The Morgan fingerprint density at radius 2 is 2.10 bits per heavy atom. The Hall–Kier alpha value is -3.28. The van der Waals surface area contributed by atoms with Gasteiger partial charge in [0.05, 0.1) is 12.7 Å². The van der Waals surface area contributed by atoms with Gasteiger partial charge in [0.25, 0.3) is 5.91 Å². The van der Waals surface area contributed by atoms with Crippen LogP contribution in [0.2, 0.25) is 0 Å². The summed E-state index contributed by atoms with van der Waals surface area (Å²) in [7, 11) is 1.64. The number of hydrogen-bond acceptors (Lipinski definition) is 4. The zero-order valence-electron chi connectivity index (χ0n) is 16.8. The third kappa shape index (κ3) is 3.58. The smallest absolute Gasteiger partial charge is 0.339 e. The molecular weight excluding hydrogens is 368 g/mol. The number of amides is 1. The molecule has 29 heavy (non-hydrogen) atoms. The monoisotopic (exact) mass is 392 g/mol. The van der Waals surface area contributed by atoms with Crippen LogP contribution in [0.5, 0.6) is 5.75 Å². The molecule has 0 spiro atoms. The van der Waals surface area contributed by atoms with Gasteiger partial charge in [-0.05, 0) is 49.6 Å². The molecule has 4 rings (SSSR count). The van der Waals surface area contributed by atoms with Gasteiger partial charge in [0.2, 0.25) is 0 Å². The second kappa shape index (κ2) is 7.28. The van der Waals surface area contributed by atoms with Gasteiger partial charge in [-0.2, -0.15) is 0 Å². The van der Waals surface area contributed by atoms with E-state index < -0.39 is 11.6 Å². The van der Waals surface area contributed by atoms with Gasteiger partial charge in [0, 0.05) is 36.1 Å². The van der Waals surface area contributed by atoms with E-state index in [1.807, 2.05) is 43.5 Å². The molecule has 0 radical (unpaired) electrons. The zero-order valence-corrected chi connectivity index (χ0v) is 16.8. The molecule has 0 saturated heterocycles. The molecule has 1 unspecified atom stereocenters. The molecule has 3 aromatic rings. The fraction of sp³-hybridized carbons (Fsp3) is 0.304. The molecule has 150 valence electrons. The first-order chi connectivity index (χ1) is 13.9. The largest absolute Gasteiger partial charge is 0.497 e. The van der Waals surface area contributed by atoms with Crippen molar-refractivity contribution in [2.45, 2.75) is 32.3 Å². The number of nitrogens with one attached hydrogen (secondary N) is 2. The van der Waals surface area contributed by atoms with E-state index in [1.54, 1.807) is 20.1 Å². The lowest BCUT2D eigenvalue weighted by molar-refractivity contribution is -0.139. The molecule has 0 saturated carbocycles. The van der Waals surface area contributed by atoms with Crippen LogP contribution in [0, 0.1) is 6.92 Å². The lowest BCUT2D eigenvalue weighted by atomic mass is 9.88. The Bertz CT molecular complexity index is 1100. The molecule has 0 aliphatic carbocycles. The number of aromatic nitrogens is 1. The highest BCUT2D eigenvalue weighted by Crippen LogP contribution is 2.29. The fourth-order valence-corrected chi connectivity index (χ4v) is 3.85. The number of H-pyrrole nitrogens is 1. The average Bonchev–Trinajstić information content (AvgIpc) is 3.09. The highest BCUT2D eigenvalue weighted by molar-refractivity contribution is 5.97. The molecule has 0 fully saturated rings. The summed E-state index contributed by atoms with van der Waals surface area (Å²) in [5.41, 5.74) is 3.34. The number of ether oxygens (including phenoxy) is 2. The molecule has 6 heteroatoms. The van der Waals surface area contributed by atoms with Crippen LogP contribution in [0.25, 0.3) is 10.9 Å². The van der Waals surface area contributed by atoms with E-state index in [0.717, 1.165) is 33.3 Å². The first-order valence-corrected chi connectivity index (χ1v) is 9.65. The Morgan fingerprint density at radius 1 is 1.28 bits per heavy atom. The number of rotatable bonds is 5. The van der Waals surface area contributed by atoms with Crippen molar-refractivity contribution in [2.75, 3.05) is 13.7 Å². The highest BCUT2D eigenvalue weighted by Gasteiger charge is 2.42. The van der Waals surface area contributed by atoms with E-state index in [4.69, 9.17) is 9.47 Å². The predicted molar refractivity (Wildman–Crippen MR) is 110 cm³/mol. The van der Waals surface area contributed by atoms with Crippen molar-refractivity contribution >= 4 is 22.8 Å². The molecule has 1 atom stereocenters. The van der Waals surface area contributed by atoms with Gasteiger partial charge in [-0.3, -0.25) is 4.79 Å². The van der Waals surface area contributed by atoms with Gasteiger partial charge in [0.1, 0.15) is 5.75 Å². The van der Waals surface area contributed by atoms with Crippen LogP contribution in [-0.2, 0) is 22.4 Å². The standard InChI is InChI=1S/C23H24N2O4/c1-14-4-6-19-16(10-14)12-23(2,29-21(19)26)22(27)24-9-8-15-13-25-20-11-17(28-3)5-7-18(15)20/h4-7,10-11,13,25H,8-9,12H2,1-3H3,(H,24,27). The maximum atomic E-state index is 12.8. The number of cyclic esters (lactones) is 1. The van der Waals surface area contributed by atoms with Crippen molar-refractivity contribution in [3.63, 3.8) is 0 Å². The third-order valence-corrected chi connectivity index (χ3v) is 5.46. The normalized spacial score (nSPS) is 18.2. The lowest BCUT2D eigenvalue weighted by Crippen LogP contribution is -2.52. The van der Waals surface area contributed by atoms with Gasteiger partial charge in [-0.1, -0.05) is 17.7 Å². The molecular formula is C23H24N2O4. The summed E-state index contributed by atoms with van der Waals surface area (Å²) in [6, 6.07) is 11.4. The number of aromatic amines is 1. The molecule has 2 N–H and O–H groups in total. The van der Waals surface area contributed by atoms with E-state index >= 15 is 0 Å². The van der Waals surface area contributed by atoms with Crippen LogP contribution in [0.15, 0.2) is 42.6 Å². The van der Waals surface area contributed by atoms with Gasteiger partial charge >= 0.3 is 5.97 Å². The van der Waals surface area contributed by atoms with E-state index in [0.29, 0.717) is 24.9 Å². The predicted octanol–water partition coefficient (Wildman–Crippen LogP) is 3.32. The van der Waals surface area contributed by atoms with E-state index in [9.17, 15) is 9.59 Å². The van der Waals surface area contributed by atoms with E-state index in [-0.39, 0.29) is 5.91 Å². The summed E-state index contributed by atoms with van der Waals surface area (Å²) in [4.78, 5) is 28.4. The van der Waals surface area contributed by atoms with E-state index in [1.165, 1.54) is 0 Å². The van der Waals surface area contributed by atoms with Gasteiger partial charge in [-0.15, -0.1) is 0 Å². The molecule has 2 aromatic carbocycles. The Morgan fingerprint density at radius 3 is 2.90 bits per heavy atom. The highest BCUT2D eigenvalue weighted by atomic mass is 16.6. The summed E-state index contributed by atoms with van der Waals surface area (Å²) in [5.74, 6) is 0.0655. The summed E-state index contributed by atoms with van der Waals surface area (Å²) in [6.45, 7) is 4.09. The first-order valence-electron chi connectivity index (χ1n) is 9.65. The van der Waals surface area contributed by atoms with Crippen molar-refractivity contribution in [3.05, 3.63) is 64.8 Å². The number of benzene rings is 2. The Balaban J connectivity index is 1.43. The van der Waals surface area contributed by atoms with Gasteiger partial charge in [0.15, 0.2) is 5.60 Å². The number of methoxy groups -OCH3 is 1. The SMILES string of the molecule is COc1ccc2c(CCNC(=O)C3(C)Cc4cc(C)ccc4C(=O)O3)c[nH]c2c1. The van der Waals surface area contributed by atoms with Gasteiger partial charge in [-0.25, -0.2) is 4.79 Å². The summed E-state index contributed by atoms with van der Waals surface area (Å²) < 4.78 is 10.8. The number of esters is 1. The lowest BCUT2D eigenvalue weighted by Gasteiger charge is -2.33. The number of hydrogen-bond donors (Lipinski definition) is 2. The Kier molecular flexibility index (Phi) is 4.78. The minimum absolute atomic E-state index is 0.278. The molecule has 1 aliphatic heterocycles. The van der Waals surface area contributed by atoms with Crippen molar-refractivity contribution in [1.82, 2.24) is 10.3 Å². The van der Waals surface area contributed by atoms with Crippen LogP contribution in [0.1, 0.15) is 34.0 Å². The van der Waals surface area contributed by atoms with Crippen LogP contribution in [0.4, 0.5) is 0 Å². The molecule has 1 aliphatic rings. The maximum Gasteiger partial charge on any atom is 0.339 e.